The number of hydrogen-bond acceptors (Lipinski definition) is 1. The van der Waals surface area contributed by atoms with Crippen LogP contribution in [0.25, 0.3) is 0 Å². The number of carbonyl (C=O) groups is 1. The maximum absolute atomic E-state index is 10.9. The van der Waals surface area contributed by atoms with Gasteiger partial charge in [-0.2, -0.15) is 0 Å². The number of rotatable bonds is 8. The van der Waals surface area contributed by atoms with E-state index in [-0.39, 0.29) is 0 Å². The third-order valence-electron chi connectivity index (χ3n) is 3.88. The first-order chi connectivity index (χ1) is 8.62. The quantitative estimate of drug-likeness (QED) is 0.300. The van der Waals surface area contributed by atoms with Crippen molar-refractivity contribution in [2.45, 2.75) is 44.3 Å². The number of carbonyl (C=O) groups excluding carboxylic acids is 1. The molecule has 1 aromatic carbocycles. The molecular formula is C16H24OSi. The lowest BCUT2D eigenvalue weighted by molar-refractivity contribution is -0.107. The van der Waals surface area contributed by atoms with Crippen LogP contribution in [-0.4, -0.2) is 14.4 Å². The van der Waals surface area contributed by atoms with Gasteiger partial charge in [-0.3, -0.25) is 0 Å². The minimum Gasteiger partial charge on any atom is -0.303 e. The molecule has 98 valence electrons. The van der Waals surface area contributed by atoms with Crippen molar-refractivity contribution >= 4 is 19.5 Å². The van der Waals surface area contributed by atoms with E-state index in [0.717, 1.165) is 25.5 Å². The number of unbranched alkanes of at least 4 members (excludes halogenated alkanes) is 1. The van der Waals surface area contributed by atoms with Gasteiger partial charge < -0.3 is 4.79 Å². The molecule has 0 N–H and O–H groups in total. The summed E-state index contributed by atoms with van der Waals surface area (Å²) in [6.07, 6.45) is 7.09. The smallest absolute Gasteiger partial charge is 0.119 e. The third-order valence-corrected chi connectivity index (χ3v) is 8.27. The second-order valence-corrected chi connectivity index (χ2v) is 10.2. The van der Waals surface area contributed by atoms with Crippen molar-refractivity contribution in [1.29, 1.82) is 0 Å². The minimum atomic E-state index is -1.55. The summed E-state index contributed by atoms with van der Waals surface area (Å²) in [5.41, 5.74) is 0.539. The van der Waals surface area contributed by atoms with Crippen LogP contribution < -0.4 is 5.19 Å². The van der Waals surface area contributed by atoms with E-state index < -0.39 is 8.07 Å². The van der Waals surface area contributed by atoms with Gasteiger partial charge in [-0.15, -0.1) is 6.58 Å². The normalized spacial score (nSPS) is 13.0. The number of aldehydes is 1. The Morgan fingerprint density at radius 1 is 1.28 bits per heavy atom. The highest BCUT2D eigenvalue weighted by atomic mass is 28.3. The molecule has 0 spiro atoms. The van der Waals surface area contributed by atoms with Crippen LogP contribution >= 0.6 is 0 Å². The standard InChI is InChI=1S/C16H24OSi/c1-4-5-7-10-16(13-14-17)18(2,3)15-11-8-6-9-12-15/h4,6,8-9,11-12,14,16H,1,5,7,10,13H2,2-3H3/t16-/m1/s1. The van der Waals surface area contributed by atoms with E-state index in [9.17, 15) is 4.79 Å². The highest BCUT2D eigenvalue weighted by Crippen LogP contribution is 2.30. The Bertz CT molecular complexity index is 370. The van der Waals surface area contributed by atoms with Gasteiger partial charge in [-0.05, 0) is 18.4 Å². The second kappa shape index (κ2) is 7.32. The van der Waals surface area contributed by atoms with E-state index in [1.54, 1.807) is 0 Å². The molecule has 0 heterocycles. The molecule has 1 nitrogen and oxygen atoms in total. The molecule has 0 aliphatic heterocycles. The van der Waals surface area contributed by atoms with E-state index in [0.29, 0.717) is 12.0 Å². The van der Waals surface area contributed by atoms with E-state index in [2.05, 4.69) is 50.0 Å². The summed E-state index contributed by atoms with van der Waals surface area (Å²) in [6, 6.07) is 10.7. The van der Waals surface area contributed by atoms with Gasteiger partial charge >= 0.3 is 0 Å². The molecule has 0 radical (unpaired) electrons. The fourth-order valence-corrected chi connectivity index (χ4v) is 5.64. The van der Waals surface area contributed by atoms with Crippen LogP contribution in [0.15, 0.2) is 43.0 Å². The first-order valence-electron chi connectivity index (χ1n) is 6.73. The number of allylic oxidation sites excluding steroid dienone is 1. The molecule has 0 fully saturated rings. The molecule has 0 aliphatic carbocycles. The summed E-state index contributed by atoms with van der Waals surface area (Å²) >= 11 is 0. The van der Waals surface area contributed by atoms with Gasteiger partial charge in [-0.25, -0.2) is 0 Å². The molecule has 2 heteroatoms. The average Bonchev–Trinajstić information content (AvgIpc) is 2.39. The Labute approximate surface area is 112 Å². The lowest BCUT2D eigenvalue weighted by Crippen LogP contribution is -2.46. The molecule has 0 bridgehead atoms. The van der Waals surface area contributed by atoms with Crippen LogP contribution in [0.5, 0.6) is 0 Å². The van der Waals surface area contributed by atoms with Gasteiger partial charge in [0.1, 0.15) is 6.29 Å². The highest BCUT2D eigenvalue weighted by Gasteiger charge is 2.32. The zero-order valence-electron chi connectivity index (χ0n) is 11.6. The van der Waals surface area contributed by atoms with Crippen molar-refractivity contribution in [2.75, 3.05) is 0 Å². The van der Waals surface area contributed by atoms with E-state index in [1.807, 2.05) is 6.08 Å². The van der Waals surface area contributed by atoms with Crippen LogP contribution in [0.3, 0.4) is 0 Å². The van der Waals surface area contributed by atoms with E-state index in [1.165, 1.54) is 5.19 Å². The third kappa shape index (κ3) is 3.95. The minimum absolute atomic E-state index is 0.539. The molecule has 0 saturated heterocycles. The number of benzene rings is 1. The molecule has 1 atom stereocenters. The number of hydrogen-bond donors (Lipinski definition) is 0. The van der Waals surface area contributed by atoms with Crippen LogP contribution in [0.4, 0.5) is 0 Å². The zero-order chi connectivity index (χ0) is 13.4. The Morgan fingerprint density at radius 2 is 1.94 bits per heavy atom. The van der Waals surface area contributed by atoms with E-state index in [4.69, 9.17) is 0 Å². The molecule has 1 rings (SSSR count). The SMILES string of the molecule is C=CCCC[C@H](CC=O)[Si](C)(C)c1ccccc1. The van der Waals surface area contributed by atoms with Crippen molar-refractivity contribution in [3.8, 4) is 0 Å². The lowest BCUT2D eigenvalue weighted by Gasteiger charge is -2.32. The summed E-state index contributed by atoms with van der Waals surface area (Å²) in [7, 11) is -1.55. The Hall–Kier alpha value is -1.15. The van der Waals surface area contributed by atoms with Gasteiger partial charge in [0.25, 0.3) is 0 Å². The van der Waals surface area contributed by atoms with Gasteiger partial charge in [0, 0.05) is 6.42 Å². The molecular weight excluding hydrogens is 236 g/mol. The first-order valence-corrected chi connectivity index (χ1v) is 9.80. The predicted octanol–water partition coefficient (Wildman–Crippen LogP) is 3.92. The fraction of sp³-hybridized carbons (Fsp3) is 0.438. The molecule has 0 saturated carbocycles. The van der Waals surface area contributed by atoms with Crippen molar-refractivity contribution < 1.29 is 4.79 Å². The Morgan fingerprint density at radius 3 is 2.50 bits per heavy atom. The van der Waals surface area contributed by atoms with Crippen molar-refractivity contribution in [3.63, 3.8) is 0 Å². The van der Waals surface area contributed by atoms with Crippen LogP contribution in [0, 0.1) is 0 Å². The summed E-state index contributed by atoms with van der Waals surface area (Å²) < 4.78 is 0. The molecule has 0 aromatic heterocycles. The van der Waals surface area contributed by atoms with Gasteiger partial charge in [0.2, 0.25) is 0 Å². The topological polar surface area (TPSA) is 17.1 Å². The van der Waals surface area contributed by atoms with Crippen LogP contribution in [0.2, 0.25) is 18.6 Å². The Kier molecular flexibility index (Phi) is 6.06. The van der Waals surface area contributed by atoms with Gasteiger partial charge in [0.15, 0.2) is 0 Å². The van der Waals surface area contributed by atoms with Crippen LogP contribution in [-0.2, 0) is 4.79 Å². The Balaban J connectivity index is 2.82. The molecule has 0 amide bonds. The van der Waals surface area contributed by atoms with Gasteiger partial charge in [-0.1, -0.05) is 61.1 Å². The van der Waals surface area contributed by atoms with Crippen molar-refractivity contribution in [1.82, 2.24) is 0 Å². The highest BCUT2D eigenvalue weighted by molar-refractivity contribution is 6.91. The largest absolute Gasteiger partial charge is 0.303 e. The van der Waals surface area contributed by atoms with E-state index >= 15 is 0 Å². The predicted molar refractivity (Wildman–Crippen MR) is 82.0 cm³/mol. The van der Waals surface area contributed by atoms with Crippen molar-refractivity contribution in [3.05, 3.63) is 43.0 Å². The van der Waals surface area contributed by atoms with Crippen molar-refractivity contribution in [2.24, 2.45) is 0 Å². The zero-order valence-corrected chi connectivity index (χ0v) is 12.6. The first kappa shape index (κ1) is 14.9. The maximum Gasteiger partial charge on any atom is 0.119 e. The van der Waals surface area contributed by atoms with Crippen LogP contribution in [0.1, 0.15) is 25.7 Å². The lowest BCUT2D eigenvalue weighted by atomic mass is 10.1. The van der Waals surface area contributed by atoms with Gasteiger partial charge in [0.05, 0.1) is 8.07 Å². The maximum atomic E-state index is 10.9. The summed E-state index contributed by atoms with van der Waals surface area (Å²) in [5.74, 6) is 0. The molecule has 0 unspecified atom stereocenters. The molecule has 18 heavy (non-hydrogen) atoms. The summed E-state index contributed by atoms with van der Waals surface area (Å²) in [5, 5.41) is 1.45. The second-order valence-electron chi connectivity index (χ2n) is 5.41. The summed E-state index contributed by atoms with van der Waals surface area (Å²) in [6.45, 7) is 8.52. The molecule has 0 aliphatic rings. The summed E-state index contributed by atoms with van der Waals surface area (Å²) in [4.78, 5) is 10.9. The fourth-order valence-electron chi connectivity index (χ4n) is 2.50. The molecule has 1 aromatic rings. The monoisotopic (exact) mass is 260 g/mol. The average molecular weight is 260 g/mol.